The van der Waals surface area contributed by atoms with Crippen molar-refractivity contribution < 1.29 is 13.2 Å². The zero-order valence-electron chi connectivity index (χ0n) is 14.3. The quantitative estimate of drug-likeness (QED) is 0.643. The van der Waals surface area contributed by atoms with Gasteiger partial charge in [0.05, 0.1) is 5.75 Å². The molecular weight excluding hydrogens is 312 g/mol. The third-order valence-electron chi connectivity index (χ3n) is 3.36. The van der Waals surface area contributed by atoms with Crippen molar-refractivity contribution in [2.75, 3.05) is 0 Å². The summed E-state index contributed by atoms with van der Waals surface area (Å²) in [5.74, 6) is -0.0658. The van der Waals surface area contributed by atoms with E-state index in [2.05, 4.69) is 17.0 Å². The number of carbonyl (C=O) groups is 1. The third kappa shape index (κ3) is 8.13. The minimum atomic E-state index is -3.38. The summed E-state index contributed by atoms with van der Waals surface area (Å²) < 4.78 is 26.7. The maximum absolute atomic E-state index is 12.1. The van der Waals surface area contributed by atoms with Gasteiger partial charge in [-0.3, -0.25) is 4.79 Å². The molecule has 1 aromatic rings. The molecule has 0 aromatic heterocycles. The van der Waals surface area contributed by atoms with Gasteiger partial charge in [0, 0.05) is 19.0 Å². The third-order valence-corrected chi connectivity index (χ3v) is 4.88. The smallest absolute Gasteiger partial charge is 0.220 e. The Balaban J connectivity index is 2.65. The average Bonchev–Trinajstić information content (AvgIpc) is 2.45. The fourth-order valence-corrected chi connectivity index (χ4v) is 3.79. The molecule has 0 spiro atoms. The molecule has 1 rings (SSSR count). The van der Waals surface area contributed by atoms with E-state index in [-0.39, 0.29) is 17.7 Å². The van der Waals surface area contributed by atoms with E-state index in [1.54, 1.807) is 19.9 Å². The summed E-state index contributed by atoms with van der Waals surface area (Å²) in [6.07, 6.45) is 3.53. The van der Waals surface area contributed by atoms with Crippen molar-refractivity contribution in [2.24, 2.45) is 0 Å². The number of nitrogens with one attached hydrogen (secondary N) is 2. The molecule has 130 valence electrons. The summed E-state index contributed by atoms with van der Waals surface area (Å²) in [7, 11) is -3.38. The molecule has 0 radical (unpaired) electrons. The lowest BCUT2D eigenvalue weighted by Crippen LogP contribution is -2.31. The zero-order valence-corrected chi connectivity index (χ0v) is 15.1. The minimum absolute atomic E-state index is 0.0106. The molecule has 2 N–H and O–H groups in total. The second-order valence-electron chi connectivity index (χ2n) is 6.03. The second kappa shape index (κ2) is 9.67. The van der Waals surface area contributed by atoms with Crippen LogP contribution in [0.5, 0.6) is 0 Å². The molecule has 1 aromatic carbocycles. The van der Waals surface area contributed by atoms with Crippen LogP contribution >= 0.6 is 0 Å². The average molecular weight is 340 g/mol. The van der Waals surface area contributed by atoms with Gasteiger partial charge in [-0.25, -0.2) is 13.1 Å². The first kappa shape index (κ1) is 19.6. The van der Waals surface area contributed by atoms with Gasteiger partial charge in [0.2, 0.25) is 15.9 Å². The Morgan fingerprint density at radius 1 is 1.13 bits per heavy atom. The molecule has 0 atom stereocenters. The fourth-order valence-electron chi connectivity index (χ4n) is 2.29. The van der Waals surface area contributed by atoms with Crippen LogP contribution in [-0.2, 0) is 27.1 Å². The molecule has 1 amide bonds. The van der Waals surface area contributed by atoms with E-state index >= 15 is 0 Å². The summed E-state index contributed by atoms with van der Waals surface area (Å²) in [4.78, 5) is 11.8. The SMILES string of the molecule is CCCCCC(=O)NCc1ccccc1CS(=O)(=O)NC(C)C. The molecule has 0 aliphatic heterocycles. The predicted octanol–water partition coefficient (Wildman–Crippen LogP) is 2.71. The molecule has 0 saturated heterocycles. The highest BCUT2D eigenvalue weighted by Crippen LogP contribution is 2.12. The van der Waals surface area contributed by atoms with E-state index < -0.39 is 10.0 Å². The van der Waals surface area contributed by atoms with Gasteiger partial charge in [-0.2, -0.15) is 0 Å². The van der Waals surface area contributed by atoms with Gasteiger partial charge in [-0.15, -0.1) is 0 Å². The Bertz CT molecular complexity index is 598. The maximum atomic E-state index is 12.1. The number of hydrogen-bond donors (Lipinski definition) is 2. The van der Waals surface area contributed by atoms with Crippen molar-refractivity contribution in [1.82, 2.24) is 10.0 Å². The number of carbonyl (C=O) groups excluding carboxylic acids is 1. The monoisotopic (exact) mass is 340 g/mol. The van der Waals surface area contributed by atoms with Crippen molar-refractivity contribution in [3.05, 3.63) is 35.4 Å². The molecule has 23 heavy (non-hydrogen) atoms. The van der Waals surface area contributed by atoms with Gasteiger partial charge >= 0.3 is 0 Å². The lowest BCUT2D eigenvalue weighted by molar-refractivity contribution is -0.121. The van der Waals surface area contributed by atoms with E-state index in [4.69, 9.17) is 0 Å². The summed E-state index contributed by atoms with van der Waals surface area (Å²) in [5, 5.41) is 2.87. The molecule has 0 unspecified atom stereocenters. The van der Waals surface area contributed by atoms with E-state index in [1.807, 2.05) is 18.2 Å². The van der Waals surface area contributed by atoms with Crippen LogP contribution in [0.1, 0.15) is 57.6 Å². The molecule has 0 heterocycles. The highest BCUT2D eigenvalue weighted by molar-refractivity contribution is 7.88. The second-order valence-corrected chi connectivity index (χ2v) is 7.79. The van der Waals surface area contributed by atoms with E-state index in [1.165, 1.54) is 0 Å². The summed E-state index contributed by atoms with van der Waals surface area (Å²) in [5.41, 5.74) is 1.56. The molecule has 0 bridgehead atoms. The molecule has 0 aliphatic rings. The zero-order chi connectivity index (χ0) is 17.3. The van der Waals surface area contributed by atoms with Crippen LogP contribution in [0.2, 0.25) is 0 Å². The van der Waals surface area contributed by atoms with Crippen LogP contribution in [0.4, 0.5) is 0 Å². The number of benzene rings is 1. The first-order chi connectivity index (χ1) is 10.8. The standard InChI is InChI=1S/C17H28N2O3S/c1-4-5-6-11-17(20)18-12-15-9-7-8-10-16(15)13-23(21,22)19-14(2)3/h7-10,14,19H,4-6,11-13H2,1-3H3,(H,18,20). The maximum Gasteiger partial charge on any atom is 0.220 e. The summed E-state index contributed by atoms with van der Waals surface area (Å²) in [6, 6.07) is 7.17. The Labute approximate surface area is 139 Å². The Morgan fingerprint density at radius 2 is 1.78 bits per heavy atom. The number of hydrogen-bond acceptors (Lipinski definition) is 3. The Kier molecular flexibility index (Phi) is 8.26. The fraction of sp³-hybridized carbons (Fsp3) is 0.588. The first-order valence-corrected chi connectivity index (χ1v) is 9.82. The number of unbranched alkanes of at least 4 members (excludes halogenated alkanes) is 2. The van der Waals surface area contributed by atoms with Crippen molar-refractivity contribution in [3.8, 4) is 0 Å². The van der Waals surface area contributed by atoms with Crippen LogP contribution in [-0.4, -0.2) is 20.4 Å². The van der Waals surface area contributed by atoms with Crippen molar-refractivity contribution in [3.63, 3.8) is 0 Å². The topological polar surface area (TPSA) is 75.3 Å². The van der Waals surface area contributed by atoms with E-state index in [9.17, 15) is 13.2 Å². The van der Waals surface area contributed by atoms with Gasteiger partial charge in [-0.1, -0.05) is 44.0 Å². The minimum Gasteiger partial charge on any atom is -0.352 e. The Hall–Kier alpha value is -1.40. The molecule has 0 saturated carbocycles. The number of rotatable bonds is 10. The molecule has 6 heteroatoms. The first-order valence-electron chi connectivity index (χ1n) is 8.17. The van der Waals surface area contributed by atoms with Crippen LogP contribution in [0.25, 0.3) is 0 Å². The molecule has 0 fully saturated rings. The van der Waals surface area contributed by atoms with Crippen LogP contribution < -0.4 is 10.0 Å². The predicted molar refractivity (Wildman–Crippen MR) is 93.3 cm³/mol. The Morgan fingerprint density at radius 3 is 2.39 bits per heavy atom. The molecular formula is C17H28N2O3S. The van der Waals surface area contributed by atoms with Gasteiger partial charge in [0.1, 0.15) is 0 Å². The van der Waals surface area contributed by atoms with Gasteiger partial charge < -0.3 is 5.32 Å². The van der Waals surface area contributed by atoms with Crippen molar-refractivity contribution in [2.45, 2.75) is 64.8 Å². The summed E-state index contributed by atoms with van der Waals surface area (Å²) >= 11 is 0. The lowest BCUT2D eigenvalue weighted by atomic mass is 10.1. The van der Waals surface area contributed by atoms with Gasteiger partial charge in [0.15, 0.2) is 0 Å². The largest absolute Gasteiger partial charge is 0.352 e. The highest BCUT2D eigenvalue weighted by atomic mass is 32.2. The number of sulfonamides is 1. The van der Waals surface area contributed by atoms with Gasteiger partial charge in [0.25, 0.3) is 0 Å². The van der Waals surface area contributed by atoms with E-state index in [0.717, 1.165) is 30.4 Å². The highest BCUT2D eigenvalue weighted by Gasteiger charge is 2.15. The van der Waals surface area contributed by atoms with Crippen LogP contribution in [0.3, 0.4) is 0 Å². The number of amides is 1. The molecule has 0 aliphatic carbocycles. The van der Waals surface area contributed by atoms with Crippen molar-refractivity contribution in [1.29, 1.82) is 0 Å². The summed E-state index contributed by atoms with van der Waals surface area (Å²) in [6.45, 7) is 6.04. The van der Waals surface area contributed by atoms with Crippen molar-refractivity contribution >= 4 is 15.9 Å². The molecule has 5 nitrogen and oxygen atoms in total. The lowest BCUT2D eigenvalue weighted by Gasteiger charge is -2.13. The van der Waals surface area contributed by atoms with E-state index in [0.29, 0.717) is 13.0 Å². The van der Waals surface area contributed by atoms with Crippen LogP contribution in [0, 0.1) is 0 Å². The van der Waals surface area contributed by atoms with Crippen LogP contribution in [0.15, 0.2) is 24.3 Å². The normalized spacial score (nSPS) is 11.7. The van der Waals surface area contributed by atoms with Gasteiger partial charge in [-0.05, 0) is 31.4 Å².